The Hall–Kier alpha value is -3.81. The Kier molecular flexibility index (Phi) is 3.98. The Morgan fingerprint density at radius 1 is 1.08 bits per heavy atom. The molecule has 0 bridgehead atoms. The lowest BCUT2D eigenvalue weighted by Crippen LogP contribution is -2.12. The minimum absolute atomic E-state index is 0.238. The Morgan fingerprint density at radius 2 is 1.85 bits per heavy atom. The monoisotopic (exact) mass is 345 g/mol. The van der Waals surface area contributed by atoms with Crippen molar-refractivity contribution < 1.29 is 4.79 Å². The van der Waals surface area contributed by atoms with Crippen molar-refractivity contribution in [3.8, 4) is 17.1 Å². The van der Waals surface area contributed by atoms with Gasteiger partial charge in [0.15, 0.2) is 11.5 Å². The molecule has 26 heavy (non-hydrogen) atoms. The molecule has 4 rings (SSSR count). The van der Waals surface area contributed by atoms with Crippen molar-refractivity contribution >= 4 is 11.6 Å². The van der Waals surface area contributed by atoms with Gasteiger partial charge in [-0.2, -0.15) is 5.10 Å². The smallest absolute Gasteiger partial charge is 0.277 e. The third-order valence-corrected chi connectivity index (χ3v) is 3.74. The van der Waals surface area contributed by atoms with Gasteiger partial charge in [0.25, 0.3) is 5.91 Å². The summed E-state index contributed by atoms with van der Waals surface area (Å²) in [5, 5.41) is 17.6. The van der Waals surface area contributed by atoms with Crippen LogP contribution in [0.3, 0.4) is 0 Å². The van der Waals surface area contributed by atoms with E-state index in [4.69, 9.17) is 0 Å². The normalized spacial score (nSPS) is 10.7. The predicted molar refractivity (Wildman–Crippen MR) is 95.9 cm³/mol. The van der Waals surface area contributed by atoms with Crippen molar-refractivity contribution in [2.24, 2.45) is 0 Å². The Balaban J connectivity index is 1.47. The molecule has 0 unspecified atom stereocenters. The van der Waals surface area contributed by atoms with E-state index in [0.717, 1.165) is 17.1 Å². The van der Waals surface area contributed by atoms with E-state index in [1.54, 1.807) is 23.0 Å². The molecule has 1 amide bonds. The van der Waals surface area contributed by atoms with Crippen LogP contribution in [0.2, 0.25) is 0 Å². The molecular formula is C18H15N7O. The SMILES string of the molecule is Cc1nc(-c2ccc(NC(=O)c3cn(-c4ccccc4)nn3)cc2)n[nH]1. The second-order valence-corrected chi connectivity index (χ2v) is 5.66. The molecule has 0 saturated heterocycles. The molecule has 0 fully saturated rings. The molecule has 0 spiro atoms. The van der Waals surface area contributed by atoms with E-state index in [1.807, 2.05) is 49.4 Å². The van der Waals surface area contributed by atoms with Crippen LogP contribution in [0.25, 0.3) is 17.1 Å². The molecule has 0 aliphatic rings. The fourth-order valence-corrected chi connectivity index (χ4v) is 2.44. The highest BCUT2D eigenvalue weighted by Gasteiger charge is 2.12. The highest BCUT2D eigenvalue weighted by molar-refractivity contribution is 6.02. The number of hydrogen-bond acceptors (Lipinski definition) is 5. The third-order valence-electron chi connectivity index (χ3n) is 3.74. The number of para-hydroxylation sites is 1. The lowest BCUT2D eigenvalue weighted by atomic mass is 10.2. The minimum atomic E-state index is -0.325. The van der Waals surface area contributed by atoms with Crippen LogP contribution in [-0.4, -0.2) is 36.1 Å². The molecule has 4 aromatic rings. The van der Waals surface area contributed by atoms with Gasteiger partial charge in [-0.05, 0) is 43.3 Å². The Morgan fingerprint density at radius 3 is 2.54 bits per heavy atom. The van der Waals surface area contributed by atoms with E-state index in [1.165, 1.54) is 0 Å². The fourth-order valence-electron chi connectivity index (χ4n) is 2.44. The maximum Gasteiger partial charge on any atom is 0.277 e. The number of benzene rings is 2. The van der Waals surface area contributed by atoms with Gasteiger partial charge in [0, 0.05) is 11.3 Å². The number of nitrogens with zero attached hydrogens (tertiary/aromatic N) is 5. The van der Waals surface area contributed by atoms with Crippen LogP contribution in [0.1, 0.15) is 16.3 Å². The van der Waals surface area contributed by atoms with Crippen molar-refractivity contribution in [3.63, 3.8) is 0 Å². The molecule has 0 saturated carbocycles. The average molecular weight is 345 g/mol. The number of aromatic nitrogens is 6. The largest absolute Gasteiger partial charge is 0.321 e. The first-order valence-electron chi connectivity index (χ1n) is 7.97. The number of H-pyrrole nitrogens is 1. The van der Waals surface area contributed by atoms with Crippen LogP contribution < -0.4 is 5.32 Å². The number of carbonyl (C=O) groups excluding carboxylic acids is 1. The van der Waals surface area contributed by atoms with Crippen molar-refractivity contribution in [2.45, 2.75) is 6.92 Å². The molecular weight excluding hydrogens is 330 g/mol. The number of aromatic amines is 1. The second kappa shape index (κ2) is 6.60. The zero-order valence-corrected chi connectivity index (χ0v) is 13.9. The summed E-state index contributed by atoms with van der Waals surface area (Å²) in [6.45, 7) is 1.84. The van der Waals surface area contributed by atoms with Crippen LogP contribution >= 0.6 is 0 Å². The Labute approximate surface area is 148 Å². The quantitative estimate of drug-likeness (QED) is 0.592. The van der Waals surface area contributed by atoms with Gasteiger partial charge in [-0.1, -0.05) is 23.4 Å². The zero-order chi connectivity index (χ0) is 17.9. The van der Waals surface area contributed by atoms with Gasteiger partial charge in [0.2, 0.25) is 0 Å². The van der Waals surface area contributed by atoms with E-state index in [-0.39, 0.29) is 11.6 Å². The number of carbonyl (C=O) groups is 1. The number of nitrogens with one attached hydrogen (secondary N) is 2. The number of rotatable bonds is 4. The van der Waals surface area contributed by atoms with Crippen LogP contribution in [-0.2, 0) is 0 Å². The summed E-state index contributed by atoms with van der Waals surface area (Å²) in [4.78, 5) is 16.6. The molecule has 0 aliphatic heterocycles. The molecule has 2 N–H and O–H groups in total. The first-order valence-corrected chi connectivity index (χ1v) is 7.97. The van der Waals surface area contributed by atoms with Gasteiger partial charge in [0.1, 0.15) is 5.82 Å². The standard InChI is InChI=1S/C18H15N7O/c1-12-19-17(23-21-12)13-7-9-14(10-8-13)20-18(26)16-11-25(24-22-16)15-5-3-2-4-6-15/h2-11H,1H3,(H,20,26)(H,19,21,23). The van der Waals surface area contributed by atoms with Gasteiger partial charge in [-0.25, -0.2) is 9.67 Å². The summed E-state index contributed by atoms with van der Waals surface area (Å²) >= 11 is 0. The van der Waals surface area contributed by atoms with Crippen molar-refractivity contribution in [2.75, 3.05) is 5.32 Å². The summed E-state index contributed by atoms with van der Waals surface area (Å²) in [6.07, 6.45) is 1.59. The average Bonchev–Trinajstić information content (AvgIpc) is 3.32. The lowest BCUT2D eigenvalue weighted by molar-refractivity contribution is 0.102. The van der Waals surface area contributed by atoms with Crippen LogP contribution in [0, 0.1) is 6.92 Å². The van der Waals surface area contributed by atoms with Crippen molar-refractivity contribution in [1.82, 2.24) is 30.2 Å². The number of amides is 1. The minimum Gasteiger partial charge on any atom is -0.321 e. The zero-order valence-electron chi connectivity index (χ0n) is 13.9. The van der Waals surface area contributed by atoms with Crippen molar-refractivity contribution in [1.29, 1.82) is 0 Å². The predicted octanol–water partition coefficient (Wildman–Crippen LogP) is 2.61. The molecule has 0 atom stereocenters. The first kappa shape index (κ1) is 15.7. The number of aryl methyl sites for hydroxylation is 1. The molecule has 2 aromatic carbocycles. The first-order chi connectivity index (χ1) is 12.7. The molecule has 0 radical (unpaired) electrons. The van der Waals surface area contributed by atoms with E-state index in [2.05, 4.69) is 30.8 Å². The molecule has 8 nitrogen and oxygen atoms in total. The number of anilines is 1. The van der Waals surface area contributed by atoms with E-state index >= 15 is 0 Å². The maximum atomic E-state index is 12.4. The maximum absolute atomic E-state index is 12.4. The van der Waals surface area contributed by atoms with Gasteiger partial charge in [-0.3, -0.25) is 9.89 Å². The van der Waals surface area contributed by atoms with E-state index in [0.29, 0.717) is 11.5 Å². The Bertz CT molecular complexity index is 1030. The van der Waals surface area contributed by atoms with Gasteiger partial charge in [-0.15, -0.1) is 5.10 Å². The third kappa shape index (κ3) is 3.20. The summed E-state index contributed by atoms with van der Waals surface area (Å²) < 4.78 is 1.56. The van der Waals surface area contributed by atoms with Gasteiger partial charge >= 0.3 is 0 Å². The topological polar surface area (TPSA) is 101 Å². The summed E-state index contributed by atoms with van der Waals surface area (Å²) in [5.74, 6) is 1.04. The summed E-state index contributed by atoms with van der Waals surface area (Å²) in [7, 11) is 0. The van der Waals surface area contributed by atoms with Gasteiger partial charge in [0.05, 0.1) is 11.9 Å². The van der Waals surface area contributed by atoms with Crippen LogP contribution in [0.15, 0.2) is 60.8 Å². The summed E-state index contributed by atoms with van der Waals surface area (Å²) in [5.41, 5.74) is 2.59. The number of hydrogen-bond donors (Lipinski definition) is 2. The molecule has 2 heterocycles. The molecule has 8 heteroatoms. The van der Waals surface area contributed by atoms with Crippen molar-refractivity contribution in [3.05, 3.63) is 72.3 Å². The summed E-state index contributed by atoms with van der Waals surface area (Å²) in [6, 6.07) is 16.8. The fraction of sp³-hybridized carbons (Fsp3) is 0.0556. The highest BCUT2D eigenvalue weighted by Crippen LogP contribution is 2.18. The highest BCUT2D eigenvalue weighted by atomic mass is 16.2. The van der Waals surface area contributed by atoms with Crippen LogP contribution in [0.5, 0.6) is 0 Å². The second-order valence-electron chi connectivity index (χ2n) is 5.66. The molecule has 2 aromatic heterocycles. The van der Waals surface area contributed by atoms with Gasteiger partial charge < -0.3 is 5.32 Å². The van der Waals surface area contributed by atoms with Crippen LogP contribution in [0.4, 0.5) is 5.69 Å². The molecule has 0 aliphatic carbocycles. The lowest BCUT2D eigenvalue weighted by Gasteiger charge is -2.03. The van der Waals surface area contributed by atoms with E-state index in [9.17, 15) is 4.79 Å². The van der Waals surface area contributed by atoms with E-state index < -0.39 is 0 Å². The molecule has 128 valence electrons.